The van der Waals surface area contributed by atoms with Crippen molar-refractivity contribution in [1.29, 1.82) is 0 Å². The van der Waals surface area contributed by atoms with E-state index >= 15 is 0 Å². The first-order valence-electron chi connectivity index (χ1n) is 9.36. The van der Waals surface area contributed by atoms with E-state index in [9.17, 15) is 4.79 Å². The fourth-order valence-electron chi connectivity index (χ4n) is 4.65. The van der Waals surface area contributed by atoms with E-state index in [0.717, 1.165) is 29.7 Å². The van der Waals surface area contributed by atoms with Gasteiger partial charge in [0.1, 0.15) is 0 Å². The Hall–Kier alpha value is -2.42. The van der Waals surface area contributed by atoms with E-state index in [0.29, 0.717) is 11.5 Å². The van der Waals surface area contributed by atoms with Crippen LogP contribution in [0.3, 0.4) is 0 Å². The van der Waals surface area contributed by atoms with Crippen LogP contribution in [-0.4, -0.2) is 11.7 Å². The predicted octanol–water partition coefficient (Wildman–Crippen LogP) is 5.71. The minimum absolute atomic E-state index is 0.0507. The zero-order valence-corrected chi connectivity index (χ0v) is 15.7. The second-order valence-corrected chi connectivity index (χ2v) is 8.35. The maximum Gasteiger partial charge on any atom is 0.365 e. The van der Waals surface area contributed by atoms with Crippen molar-refractivity contribution in [3.63, 3.8) is 0 Å². The molecule has 0 aliphatic heterocycles. The molecule has 0 N–H and O–H groups in total. The molecule has 0 amide bonds. The summed E-state index contributed by atoms with van der Waals surface area (Å²) in [5.74, 6) is 0.261. The Bertz CT molecular complexity index is 852. The van der Waals surface area contributed by atoms with E-state index in [1.165, 1.54) is 6.42 Å². The Morgan fingerprint density at radius 2 is 1.65 bits per heavy atom. The molecule has 0 heterocycles. The molecule has 2 atom stereocenters. The largest absolute Gasteiger partial charge is 0.365 e. The van der Waals surface area contributed by atoms with E-state index in [1.807, 2.05) is 30.3 Å². The summed E-state index contributed by atoms with van der Waals surface area (Å²) in [5, 5.41) is 4.30. The highest BCUT2D eigenvalue weighted by molar-refractivity contribution is 5.95. The number of rotatable bonds is 3. The van der Waals surface area contributed by atoms with Crippen molar-refractivity contribution in [2.24, 2.45) is 21.9 Å². The van der Waals surface area contributed by atoms with Crippen LogP contribution in [0, 0.1) is 16.7 Å². The molecule has 2 aliphatic rings. The Kier molecular flexibility index (Phi) is 3.98. The molecule has 0 unspecified atom stereocenters. The Morgan fingerprint density at radius 1 is 1.00 bits per heavy atom. The van der Waals surface area contributed by atoms with Gasteiger partial charge < -0.3 is 4.84 Å². The summed E-state index contributed by atoms with van der Waals surface area (Å²) in [6.07, 6.45) is 3.33. The fourth-order valence-corrected chi connectivity index (χ4v) is 4.65. The average Bonchev–Trinajstić information content (AvgIpc) is 3.00. The third-order valence-corrected chi connectivity index (χ3v) is 6.98. The maximum atomic E-state index is 12.4. The van der Waals surface area contributed by atoms with E-state index in [4.69, 9.17) is 4.84 Å². The lowest BCUT2D eigenvalue weighted by Gasteiger charge is -2.34. The molecule has 0 saturated heterocycles. The lowest BCUT2D eigenvalue weighted by atomic mass is 9.70. The highest BCUT2D eigenvalue weighted by Crippen LogP contribution is 2.64. The van der Waals surface area contributed by atoms with Crippen molar-refractivity contribution < 1.29 is 9.63 Å². The first-order valence-corrected chi connectivity index (χ1v) is 9.36. The average molecular weight is 347 g/mol. The summed E-state index contributed by atoms with van der Waals surface area (Å²) >= 11 is 0. The molecular formula is C23H25NO2. The summed E-state index contributed by atoms with van der Waals surface area (Å²) in [5.41, 5.74) is 4.07. The standard InChI is InChI=1S/C23H25NO2/c1-22(2)19-13-14-23(22,3)20(15-19)24-26-21(25)18-11-9-17(10-12-18)16-7-5-4-6-8-16/h4-12,19H,13-15H2,1-3H3/t19-,23+/m0/s1. The van der Waals surface area contributed by atoms with Gasteiger partial charge in [-0.05, 0) is 53.9 Å². The van der Waals surface area contributed by atoms with E-state index in [-0.39, 0.29) is 16.8 Å². The van der Waals surface area contributed by atoms with Crippen molar-refractivity contribution >= 4 is 11.7 Å². The number of benzene rings is 2. The number of hydrogen-bond donors (Lipinski definition) is 0. The van der Waals surface area contributed by atoms with Gasteiger partial charge in [0.15, 0.2) is 0 Å². The lowest BCUT2D eigenvalue weighted by molar-refractivity contribution is 0.0508. The number of carbonyl (C=O) groups is 1. The molecule has 2 saturated carbocycles. The summed E-state index contributed by atoms with van der Waals surface area (Å²) < 4.78 is 0. The molecule has 2 bridgehead atoms. The molecule has 2 fully saturated rings. The Balaban J connectivity index is 1.48. The fraction of sp³-hybridized carbons (Fsp3) is 0.391. The van der Waals surface area contributed by atoms with Gasteiger partial charge in [0.25, 0.3) is 0 Å². The third kappa shape index (κ3) is 2.57. The van der Waals surface area contributed by atoms with Gasteiger partial charge in [0, 0.05) is 5.41 Å². The van der Waals surface area contributed by atoms with Gasteiger partial charge in [-0.15, -0.1) is 0 Å². The quantitative estimate of drug-likeness (QED) is 0.527. The first kappa shape index (κ1) is 17.0. The van der Waals surface area contributed by atoms with Crippen molar-refractivity contribution in [2.75, 3.05) is 0 Å². The van der Waals surface area contributed by atoms with Crippen LogP contribution < -0.4 is 0 Å². The normalized spacial score (nSPS) is 27.7. The van der Waals surface area contributed by atoms with E-state index in [1.54, 1.807) is 12.1 Å². The van der Waals surface area contributed by atoms with Crippen LogP contribution in [0.4, 0.5) is 0 Å². The molecule has 4 rings (SSSR count). The van der Waals surface area contributed by atoms with Crippen LogP contribution in [0.1, 0.15) is 50.4 Å². The van der Waals surface area contributed by atoms with Gasteiger partial charge in [-0.3, -0.25) is 0 Å². The second-order valence-electron chi connectivity index (χ2n) is 8.35. The minimum Gasteiger partial charge on any atom is -0.313 e. The monoisotopic (exact) mass is 347 g/mol. The van der Waals surface area contributed by atoms with Gasteiger partial charge in [-0.25, -0.2) is 4.79 Å². The highest BCUT2D eigenvalue weighted by Gasteiger charge is 2.60. The molecule has 3 heteroatoms. The molecule has 26 heavy (non-hydrogen) atoms. The van der Waals surface area contributed by atoms with E-state index in [2.05, 4.69) is 38.1 Å². The number of nitrogens with zero attached hydrogens (tertiary/aromatic N) is 1. The van der Waals surface area contributed by atoms with Crippen molar-refractivity contribution in [2.45, 2.75) is 40.0 Å². The number of hydrogen-bond acceptors (Lipinski definition) is 3. The zero-order valence-electron chi connectivity index (χ0n) is 15.7. The highest BCUT2D eigenvalue weighted by atomic mass is 16.7. The Morgan fingerprint density at radius 3 is 2.23 bits per heavy atom. The SMILES string of the molecule is CC1(C)[C@H]2CC[C@]1(C)C(=NOC(=O)c1ccc(-c3ccccc3)cc1)C2. The lowest BCUT2D eigenvalue weighted by Crippen LogP contribution is -2.32. The summed E-state index contributed by atoms with van der Waals surface area (Å²) in [6.45, 7) is 6.90. The number of oxime groups is 1. The topological polar surface area (TPSA) is 38.7 Å². The molecule has 2 aliphatic carbocycles. The summed E-state index contributed by atoms with van der Waals surface area (Å²) in [7, 11) is 0. The second kappa shape index (κ2) is 6.08. The maximum absolute atomic E-state index is 12.4. The Labute approximate surface area is 155 Å². The molecule has 3 nitrogen and oxygen atoms in total. The van der Waals surface area contributed by atoms with Gasteiger partial charge in [-0.2, -0.15) is 0 Å². The zero-order chi connectivity index (χ0) is 18.4. The molecular weight excluding hydrogens is 322 g/mol. The predicted molar refractivity (Wildman–Crippen MR) is 104 cm³/mol. The molecule has 0 spiro atoms. The molecule has 2 aromatic carbocycles. The van der Waals surface area contributed by atoms with Crippen LogP contribution >= 0.6 is 0 Å². The molecule has 2 aromatic rings. The van der Waals surface area contributed by atoms with E-state index < -0.39 is 0 Å². The minimum atomic E-state index is -0.388. The van der Waals surface area contributed by atoms with Gasteiger partial charge >= 0.3 is 5.97 Å². The number of carbonyl (C=O) groups excluding carboxylic acids is 1. The van der Waals surface area contributed by atoms with Crippen LogP contribution in [-0.2, 0) is 4.84 Å². The smallest absolute Gasteiger partial charge is 0.313 e. The van der Waals surface area contributed by atoms with Crippen LogP contribution in [0.15, 0.2) is 59.8 Å². The third-order valence-electron chi connectivity index (χ3n) is 6.98. The molecule has 0 radical (unpaired) electrons. The summed E-state index contributed by atoms with van der Waals surface area (Å²) in [6, 6.07) is 17.6. The van der Waals surface area contributed by atoms with Crippen molar-refractivity contribution in [3.05, 3.63) is 60.2 Å². The van der Waals surface area contributed by atoms with Crippen molar-refractivity contribution in [1.82, 2.24) is 0 Å². The van der Waals surface area contributed by atoms with Crippen LogP contribution in [0.5, 0.6) is 0 Å². The summed E-state index contributed by atoms with van der Waals surface area (Å²) in [4.78, 5) is 17.7. The van der Waals surface area contributed by atoms with Crippen molar-refractivity contribution in [3.8, 4) is 11.1 Å². The molecule has 0 aromatic heterocycles. The van der Waals surface area contributed by atoms with Gasteiger partial charge in [0.05, 0.1) is 11.3 Å². The first-order chi connectivity index (χ1) is 12.4. The molecule has 134 valence electrons. The number of fused-ring (bicyclic) bond motifs is 2. The van der Waals surface area contributed by atoms with Crippen LogP contribution in [0.2, 0.25) is 0 Å². The van der Waals surface area contributed by atoms with Crippen LogP contribution in [0.25, 0.3) is 11.1 Å². The van der Waals surface area contributed by atoms with Gasteiger partial charge in [0.2, 0.25) is 0 Å². The van der Waals surface area contributed by atoms with Gasteiger partial charge in [-0.1, -0.05) is 68.4 Å².